The maximum Gasteiger partial charge on any atom is 0.254 e. The predicted molar refractivity (Wildman–Crippen MR) is 71.7 cm³/mol. The molecule has 0 atom stereocenters. The molecule has 1 aliphatic heterocycles. The van der Waals surface area contributed by atoms with Crippen LogP contribution in [0.15, 0.2) is 18.2 Å². The Labute approximate surface area is 107 Å². The Morgan fingerprint density at radius 1 is 1.44 bits per heavy atom. The summed E-state index contributed by atoms with van der Waals surface area (Å²) in [5, 5.41) is 9.63. The number of nitrogen functional groups attached to an aromatic ring is 1. The lowest BCUT2D eigenvalue weighted by Crippen LogP contribution is -2.61. The molecule has 1 heterocycles. The summed E-state index contributed by atoms with van der Waals surface area (Å²) in [5.41, 5.74) is 7.20. The van der Waals surface area contributed by atoms with E-state index in [1.54, 1.807) is 24.0 Å². The first kappa shape index (κ1) is 12.7. The second-order valence-electron chi connectivity index (χ2n) is 5.33. The zero-order chi connectivity index (χ0) is 13.5. The third kappa shape index (κ3) is 2.26. The van der Waals surface area contributed by atoms with Crippen molar-refractivity contribution in [1.29, 1.82) is 0 Å². The van der Waals surface area contributed by atoms with Gasteiger partial charge in [-0.25, -0.2) is 0 Å². The Balaban J connectivity index is 2.15. The van der Waals surface area contributed by atoms with Gasteiger partial charge in [-0.3, -0.25) is 4.79 Å². The van der Waals surface area contributed by atoms with Crippen molar-refractivity contribution in [2.45, 2.75) is 12.5 Å². The summed E-state index contributed by atoms with van der Waals surface area (Å²) < 4.78 is 0. The second-order valence-corrected chi connectivity index (χ2v) is 5.33. The molecule has 98 valence electrons. The van der Waals surface area contributed by atoms with Crippen molar-refractivity contribution in [3.63, 3.8) is 0 Å². The first-order chi connectivity index (χ1) is 8.30. The Hall–Kier alpha value is -1.75. The van der Waals surface area contributed by atoms with Crippen molar-refractivity contribution in [3.8, 4) is 0 Å². The Kier molecular flexibility index (Phi) is 2.94. The van der Waals surface area contributed by atoms with Crippen LogP contribution in [0.3, 0.4) is 0 Å². The molecule has 0 aromatic heterocycles. The number of nitrogens with zero attached hydrogens (tertiary/aromatic N) is 2. The molecule has 1 aromatic carbocycles. The van der Waals surface area contributed by atoms with Gasteiger partial charge in [0.25, 0.3) is 5.91 Å². The van der Waals surface area contributed by atoms with Gasteiger partial charge in [0, 0.05) is 19.7 Å². The summed E-state index contributed by atoms with van der Waals surface area (Å²) in [7, 11) is 3.81. The van der Waals surface area contributed by atoms with E-state index in [-0.39, 0.29) is 5.91 Å². The van der Waals surface area contributed by atoms with Gasteiger partial charge in [0.05, 0.1) is 30.1 Å². The highest BCUT2D eigenvalue weighted by Crippen LogP contribution is 2.26. The van der Waals surface area contributed by atoms with E-state index in [4.69, 9.17) is 5.73 Å². The molecule has 3 N–H and O–H groups in total. The van der Waals surface area contributed by atoms with Gasteiger partial charge in [0.1, 0.15) is 0 Å². The van der Waals surface area contributed by atoms with Gasteiger partial charge in [-0.2, -0.15) is 0 Å². The molecule has 0 unspecified atom stereocenters. The number of hydrogen-bond acceptors (Lipinski definition) is 4. The fraction of sp³-hybridized carbons (Fsp3) is 0.462. The van der Waals surface area contributed by atoms with Gasteiger partial charge in [0.15, 0.2) is 0 Å². The Morgan fingerprint density at radius 3 is 2.50 bits per heavy atom. The van der Waals surface area contributed by atoms with E-state index < -0.39 is 5.60 Å². The van der Waals surface area contributed by atoms with E-state index >= 15 is 0 Å². The summed E-state index contributed by atoms with van der Waals surface area (Å²) in [5.74, 6) is -0.0847. The lowest BCUT2D eigenvalue weighted by molar-refractivity contribution is -0.0668. The molecule has 1 saturated heterocycles. The average Bonchev–Trinajstić information content (AvgIpc) is 2.24. The van der Waals surface area contributed by atoms with E-state index in [1.807, 2.05) is 25.1 Å². The maximum absolute atomic E-state index is 12.1. The number of anilines is 2. The van der Waals surface area contributed by atoms with Crippen LogP contribution in [0.4, 0.5) is 11.4 Å². The summed E-state index contributed by atoms with van der Waals surface area (Å²) in [4.78, 5) is 15.6. The zero-order valence-corrected chi connectivity index (χ0v) is 11.0. The number of carbonyl (C=O) groups excluding carboxylic acids is 1. The SMILES string of the molecule is CN(C)c1ccc(C(=O)N2CC(C)(O)C2)cc1N. The normalized spacial score (nSPS) is 17.2. The number of aliphatic hydroxyl groups is 1. The van der Waals surface area contributed by atoms with Crippen LogP contribution >= 0.6 is 0 Å². The predicted octanol–water partition coefficient (Wildman–Crippen LogP) is 0.542. The molecular weight excluding hydrogens is 230 g/mol. The molecule has 5 heteroatoms. The number of hydrogen-bond donors (Lipinski definition) is 2. The molecule has 0 bridgehead atoms. The van der Waals surface area contributed by atoms with E-state index in [2.05, 4.69) is 0 Å². The highest BCUT2D eigenvalue weighted by atomic mass is 16.3. The number of nitrogens with two attached hydrogens (primary N) is 1. The van der Waals surface area contributed by atoms with Gasteiger partial charge < -0.3 is 20.6 Å². The summed E-state index contributed by atoms with van der Waals surface area (Å²) in [6, 6.07) is 5.28. The number of rotatable bonds is 2. The fourth-order valence-corrected chi connectivity index (χ4v) is 2.20. The minimum atomic E-state index is -0.745. The van der Waals surface area contributed by atoms with Gasteiger partial charge in [0.2, 0.25) is 0 Å². The zero-order valence-electron chi connectivity index (χ0n) is 11.0. The van der Waals surface area contributed by atoms with Crippen molar-refractivity contribution < 1.29 is 9.90 Å². The van der Waals surface area contributed by atoms with Crippen molar-refractivity contribution in [3.05, 3.63) is 23.8 Å². The number of amides is 1. The molecule has 2 rings (SSSR count). The van der Waals surface area contributed by atoms with E-state index in [0.717, 1.165) is 5.69 Å². The third-order valence-electron chi connectivity index (χ3n) is 3.11. The number of carbonyl (C=O) groups is 1. The molecule has 0 radical (unpaired) electrons. The molecule has 1 amide bonds. The van der Waals surface area contributed by atoms with Crippen LogP contribution in [0.1, 0.15) is 17.3 Å². The molecule has 0 aliphatic carbocycles. The number of β-amino-alcohol motifs (C(OH)–C–C–N with tert-alkyl or cyclic N) is 1. The lowest BCUT2D eigenvalue weighted by Gasteiger charge is -2.44. The van der Waals surface area contributed by atoms with Gasteiger partial charge in [-0.05, 0) is 25.1 Å². The quantitative estimate of drug-likeness (QED) is 0.751. The molecule has 0 spiro atoms. The monoisotopic (exact) mass is 249 g/mol. The molecule has 0 saturated carbocycles. The fourth-order valence-electron chi connectivity index (χ4n) is 2.20. The van der Waals surface area contributed by atoms with Crippen molar-refractivity contribution in [1.82, 2.24) is 4.90 Å². The lowest BCUT2D eigenvalue weighted by atomic mass is 9.96. The second kappa shape index (κ2) is 4.17. The van der Waals surface area contributed by atoms with Crippen LogP contribution in [-0.2, 0) is 0 Å². The van der Waals surface area contributed by atoms with Crippen molar-refractivity contribution >= 4 is 17.3 Å². The van der Waals surface area contributed by atoms with E-state index in [9.17, 15) is 9.90 Å². The van der Waals surface area contributed by atoms with Crippen LogP contribution in [0.2, 0.25) is 0 Å². The van der Waals surface area contributed by atoms with Crippen LogP contribution < -0.4 is 10.6 Å². The standard InChI is InChI=1S/C13H19N3O2/c1-13(18)7-16(8-13)12(17)9-4-5-11(15(2)3)10(14)6-9/h4-6,18H,7-8,14H2,1-3H3. The molecule has 5 nitrogen and oxygen atoms in total. The Morgan fingerprint density at radius 2 is 2.06 bits per heavy atom. The van der Waals surface area contributed by atoms with Gasteiger partial charge in [-0.15, -0.1) is 0 Å². The van der Waals surface area contributed by atoms with Crippen LogP contribution in [-0.4, -0.2) is 48.7 Å². The minimum absolute atomic E-state index is 0.0847. The molecule has 1 fully saturated rings. The third-order valence-corrected chi connectivity index (χ3v) is 3.11. The Bertz CT molecular complexity index is 475. The smallest absolute Gasteiger partial charge is 0.254 e. The van der Waals surface area contributed by atoms with E-state index in [0.29, 0.717) is 24.3 Å². The first-order valence-electron chi connectivity index (χ1n) is 5.89. The molecular formula is C13H19N3O2. The topological polar surface area (TPSA) is 69.8 Å². The highest BCUT2D eigenvalue weighted by Gasteiger charge is 2.39. The van der Waals surface area contributed by atoms with Gasteiger partial charge in [-0.1, -0.05) is 0 Å². The van der Waals surface area contributed by atoms with Crippen LogP contribution in [0.5, 0.6) is 0 Å². The molecule has 1 aliphatic rings. The molecule has 18 heavy (non-hydrogen) atoms. The minimum Gasteiger partial charge on any atom is -0.397 e. The van der Waals surface area contributed by atoms with Crippen LogP contribution in [0, 0.1) is 0 Å². The highest BCUT2D eigenvalue weighted by molar-refractivity contribution is 5.96. The number of benzene rings is 1. The molecule has 1 aromatic rings. The summed E-state index contributed by atoms with van der Waals surface area (Å²) >= 11 is 0. The van der Waals surface area contributed by atoms with Gasteiger partial charge >= 0.3 is 0 Å². The first-order valence-corrected chi connectivity index (χ1v) is 5.89. The largest absolute Gasteiger partial charge is 0.397 e. The maximum atomic E-state index is 12.1. The average molecular weight is 249 g/mol. The van der Waals surface area contributed by atoms with Crippen LogP contribution in [0.25, 0.3) is 0 Å². The number of likely N-dealkylation sites (tertiary alicyclic amines) is 1. The summed E-state index contributed by atoms with van der Waals surface area (Å²) in [6.07, 6.45) is 0. The summed E-state index contributed by atoms with van der Waals surface area (Å²) in [6.45, 7) is 2.47. The van der Waals surface area contributed by atoms with Crippen molar-refractivity contribution in [2.75, 3.05) is 37.8 Å². The van der Waals surface area contributed by atoms with E-state index in [1.165, 1.54) is 0 Å². The van der Waals surface area contributed by atoms with Crippen molar-refractivity contribution in [2.24, 2.45) is 0 Å².